The van der Waals surface area contributed by atoms with Gasteiger partial charge in [0.2, 0.25) is 0 Å². The van der Waals surface area contributed by atoms with E-state index < -0.39 is 0 Å². The summed E-state index contributed by atoms with van der Waals surface area (Å²) < 4.78 is 0. The molecule has 4 nitrogen and oxygen atoms in total. The van der Waals surface area contributed by atoms with E-state index in [-0.39, 0.29) is 11.7 Å². The summed E-state index contributed by atoms with van der Waals surface area (Å²) in [4.78, 5) is 17.1. The van der Waals surface area contributed by atoms with Gasteiger partial charge in [-0.15, -0.1) is 0 Å². The third kappa shape index (κ3) is 3.63. The number of amidine groups is 1. The van der Waals surface area contributed by atoms with Crippen molar-refractivity contribution in [1.82, 2.24) is 5.32 Å². The molecule has 3 rings (SSSR count). The topological polar surface area (TPSA) is 61.7 Å². The minimum atomic E-state index is -0.184. The SMILES string of the molecule is Cc1cc(/C=C2\SC(=Nc3ccc(Cl)cc3)NC2=O)cc(C)c1O. The van der Waals surface area contributed by atoms with Crippen LogP contribution in [0.3, 0.4) is 0 Å². The quantitative estimate of drug-likeness (QED) is 0.774. The van der Waals surface area contributed by atoms with E-state index in [1.807, 2.05) is 26.0 Å². The molecule has 0 bridgehead atoms. The molecular formula is C18H15ClN2O2S. The second kappa shape index (κ2) is 6.71. The van der Waals surface area contributed by atoms with Gasteiger partial charge in [0.05, 0.1) is 10.6 Å². The summed E-state index contributed by atoms with van der Waals surface area (Å²) in [6.45, 7) is 3.67. The van der Waals surface area contributed by atoms with E-state index in [2.05, 4.69) is 10.3 Å². The number of carbonyl (C=O) groups excluding carboxylic acids is 1. The van der Waals surface area contributed by atoms with E-state index >= 15 is 0 Å². The third-order valence-electron chi connectivity index (χ3n) is 3.52. The molecule has 0 radical (unpaired) electrons. The second-order valence-corrected chi connectivity index (χ2v) is 6.93. The lowest BCUT2D eigenvalue weighted by molar-refractivity contribution is -0.115. The van der Waals surface area contributed by atoms with Crippen LogP contribution in [-0.2, 0) is 4.79 Å². The number of benzene rings is 2. The Kier molecular flexibility index (Phi) is 4.64. The van der Waals surface area contributed by atoms with Crippen molar-refractivity contribution in [1.29, 1.82) is 0 Å². The fourth-order valence-corrected chi connectivity index (χ4v) is 3.31. The van der Waals surface area contributed by atoms with E-state index in [9.17, 15) is 9.90 Å². The lowest BCUT2D eigenvalue weighted by Crippen LogP contribution is -2.19. The van der Waals surface area contributed by atoms with Crippen molar-refractivity contribution in [2.75, 3.05) is 0 Å². The number of thioether (sulfide) groups is 1. The molecule has 0 unspecified atom stereocenters. The summed E-state index contributed by atoms with van der Waals surface area (Å²) in [6.07, 6.45) is 1.80. The Bertz CT molecular complexity index is 850. The number of hydrogen-bond acceptors (Lipinski definition) is 4. The summed E-state index contributed by atoms with van der Waals surface area (Å²) in [6, 6.07) is 10.8. The zero-order chi connectivity index (χ0) is 17.3. The Morgan fingerprint density at radius 3 is 2.42 bits per heavy atom. The molecule has 1 aliphatic heterocycles. The van der Waals surface area contributed by atoms with Gasteiger partial charge < -0.3 is 10.4 Å². The van der Waals surface area contributed by atoms with Crippen LogP contribution in [0.5, 0.6) is 5.75 Å². The highest BCUT2D eigenvalue weighted by molar-refractivity contribution is 8.18. The predicted molar refractivity (Wildman–Crippen MR) is 99.8 cm³/mol. The lowest BCUT2D eigenvalue weighted by Gasteiger charge is -2.05. The van der Waals surface area contributed by atoms with Crippen molar-refractivity contribution in [3.8, 4) is 5.75 Å². The average molecular weight is 359 g/mol. The Morgan fingerprint density at radius 2 is 1.79 bits per heavy atom. The molecule has 0 aromatic heterocycles. The Labute approximate surface area is 149 Å². The maximum atomic E-state index is 12.1. The standard InChI is InChI=1S/C18H15ClN2O2S/c1-10-7-12(8-11(2)16(10)22)9-15-17(23)21-18(24-15)20-14-5-3-13(19)4-6-14/h3-9,22H,1-2H3,(H,20,21,23)/b15-9-. The molecule has 1 saturated heterocycles. The van der Waals surface area contributed by atoms with E-state index in [0.29, 0.717) is 15.1 Å². The largest absolute Gasteiger partial charge is 0.507 e. The number of phenols is 1. The summed E-state index contributed by atoms with van der Waals surface area (Å²) in [5.74, 6) is 0.0989. The predicted octanol–water partition coefficient (Wildman–Crippen LogP) is 4.55. The van der Waals surface area contributed by atoms with Crippen LogP contribution in [0.15, 0.2) is 46.3 Å². The molecule has 0 spiro atoms. The summed E-state index contributed by atoms with van der Waals surface area (Å²) in [5, 5.41) is 13.8. The highest BCUT2D eigenvalue weighted by Gasteiger charge is 2.23. The molecule has 2 N–H and O–H groups in total. The van der Waals surface area contributed by atoms with E-state index in [4.69, 9.17) is 11.6 Å². The highest BCUT2D eigenvalue weighted by Crippen LogP contribution is 2.30. The van der Waals surface area contributed by atoms with Gasteiger partial charge in [-0.05, 0) is 84.8 Å². The first kappa shape index (κ1) is 16.6. The van der Waals surface area contributed by atoms with Gasteiger partial charge in [-0.2, -0.15) is 0 Å². The molecule has 1 aliphatic rings. The summed E-state index contributed by atoms with van der Waals surface area (Å²) >= 11 is 7.13. The average Bonchev–Trinajstić information content (AvgIpc) is 2.87. The van der Waals surface area contributed by atoms with Crippen molar-refractivity contribution in [3.05, 3.63) is 63.0 Å². The number of halogens is 1. The van der Waals surface area contributed by atoms with Crippen molar-refractivity contribution >= 4 is 46.2 Å². The monoisotopic (exact) mass is 358 g/mol. The number of rotatable bonds is 2. The lowest BCUT2D eigenvalue weighted by atomic mass is 10.1. The summed E-state index contributed by atoms with van der Waals surface area (Å²) in [7, 11) is 0. The number of hydrogen-bond donors (Lipinski definition) is 2. The zero-order valence-electron chi connectivity index (χ0n) is 13.1. The number of phenolic OH excluding ortho intramolecular Hbond substituents is 1. The normalized spacial score (nSPS) is 17.5. The maximum Gasteiger partial charge on any atom is 0.264 e. The molecule has 24 heavy (non-hydrogen) atoms. The van der Waals surface area contributed by atoms with E-state index in [1.54, 1.807) is 30.3 Å². The van der Waals surface area contributed by atoms with Gasteiger partial charge in [0.1, 0.15) is 5.75 Å². The third-order valence-corrected chi connectivity index (χ3v) is 4.68. The first-order valence-corrected chi connectivity index (χ1v) is 8.47. The van der Waals surface area contributed by atoms with Crippen LogP contribution in [0.2, 0.25) is 5.02 Å². The van der Waals surface area contributed by atoms with Crippen LogP contribution >= 0.6 is 23.4 Å². The molecule has 1 amide bonds. The molecule has 2 aromatic carbocycles. The first-order chi connectivity index (χ1) is 11.4. The molecule has 122 valence electrons. The number of aryl methyl sites for hydroxylation is 2. The van der Waals surface area contributed by atoms with Crippen LogP contribution < -0.4 is 5.32 Å². The van der Waals surface area contributed by atoms with Crippen LogP contribution in [0, 0.1) is 13.8 Å². The Balaban J connectivity index is 1.86. The van der Waals surface area contributed by atoms with Gasteiger partial charge in [0, 0.05) is 5.02 Å². The van der Waals surface area contributed by atoms with Crippen LogP contribution in [-0.4, -0.2) is 16.2 Å². The van der Waals surface area contributed by atoms with Crippen molar-refractivity contribution in [2.24, 2.45) is 4.99 Å². The van der Waals surface area contributed by atoms with E-state index in [0.717, 1.165) is 22.4 Å². The molecule has 6 heteroatoms. The van der Waals surface area contributed by atoms with Crippen LogP contribution in [0.25, 0.3) is 6.08 Å². The smallest absolute Gasteiger partial charge is 0.264 e. The number of nitrogens with zero attached hydrogens (tertiary/aromatic N) is 1. The van der Waals surface area contributed by atoms with Crippen molar-refractivity contribution in [2.45, 2.75) is 13.8 Å². The van der Waals surface area contributed by atoms with Crippen molar-refractivity contribution < 1.29 is 9.90 Å². The van der Waals surface area contributed by atoms with Gasteiger partial charge in [-0.3, -0.25) is 4.79 Å². The Hall–Kier alpha value is -2.24. The highest BCUT2D eigenvalue weighted by atomic mass is 35.5. The van der Waals surface area contributed by atoms with Gasteiger partial charge in [0.25, 0.3) is 5.91 Å². The molecule has 0 atom stereocenters. The number of aliphatic imine (C=N–C) groups is 1. The van der Waals surface area contributed by atoms with Gasteiger partial charge in [-0.25, -0.2) is 4.99 Å². The number of amides is 1. The van der Waals surface area contributed by atoms with Crippen molar-refractivity contribution in [3.63, 3.8) is 0 Å². The van der Waals surface area contributed by atoms with Gasteiger partial charge in [0.15, 0.2) is 5.17 Å². The van der Waals surface area contributed by atoms with Gasteiger partial charge >= 0.3 is 0 Å². The molecule has 1 fully saturated rings. The number of aromatic hydroxyl groups is 1. The maximum absolute atomic E-state index is 12.1. The fraction of sp³-hybridized carbons (Fsp3) is 0.111. The minimum absolute atomic E-state index is 0.184. The molecular weight excluding hydrogens is 344 g/mol. The minimum Gasteiger partial charge on any atom is -0.507 e. The number of carbonyl (C=O) groups is 1. The second-order valence-electron chi connectivity index (χ2n) is 5.46. The molecule has 1 heterocycles. The van der Waals surface area contributed by atoms with E-state index in [1.165, 1.54) is 11.8 Å². The number of nitrogens with one attached hydrogen (secondary N) is 1. The Morgan fingerprint density at radius 1 is 1.17 bits per heavy atom. The zero-order valence-corrected chi connectivity index (χ0v) is 14.7. The van der Waals surface area contributed by atoms with Crippen LogP contribution in [0.1, 0.15) is 16.7 Å². The van der Waals surface area contributed by atoms with Crippen LogP contribution in [0.4, 0.5) is 5.69 Å². The fourth-order valence-electron chi connectivity index (χ4n) is 2.34. The molecule has 0 aliphatic carbocycles. The molecule has 2 aromatic rings. The first-order valence-electron chi connectivity index (χ1n) is 7.28. The summed E-state index contributed by atoms with van der Waals surface area (Å²) in [5.41, 5.74) is 3.15. The molecule has 0 saturated carbocycles. The van der Waals surface area contributed by atoms with Gasteiger partial charge in [-0.1, -0.05) is 11.6 Å².